The number of pyridine rings is 3. The van der Waals surface area contributed by atoms with E-state index in [-0.39, 0.29) is 26.5 Å². The van der Waals surface area contributed by atoms with Gasteiger partial charge in [-0.3, -0.25) is 4.98 Å². The average molecular weight is 845 g/mol. The van der Waals surface area contributed by atoms with Crippen LogP contribution < -0.4 is 4.74 Å². The second kappa shape index (κ2) is 12.2. The largest absolute Gasteiger partial charge is 2.00 e. The van der Waals surface area contributed by atoms with Crippen molar-refractivity contribution in [3.63, 3.8) is 0 Å². The molecular weight excluding hydrogens is 810 g/mol. The summed E-state index contributed by atoms with van der Waals surface area (Å²) < 4.78 is 11.0. The molecule has 6 nitrogen and oxygen atoms in total. The Labute approximate surface area is 311 Å². The first kappa shape index (κ1) is 32.9. The van der Waals surface area contributed by atoms with Gasteiger partial charge in [0.2, 0.25) is 0 Å². The number of fused-ring (bicyclic) bond motifs is 9. The van der Waals surface area contributed by atoms with Gasteiger partial charge in [0.25, 0.3) is 0 Å². The smallest absolute Gasteiger partial charge is 0.503 e. The minimum Gasteiger partial charge on any atom is -0.503 e. The topological polar surface area (TPSA) is 57.2 Å². The standard InChI is InChI=1S/C44H35N5O.Pt/c1-26-19-27(2)40(28(3)20-26)38-25-48-41-35(12-9-17-45-41)33-16-15-31(24-37(33)43(48)47-38)50-32-22-29(44(4,5)6)21-30(23-32)49-39-14-8-7-11-34(39)36-13-10-18-46-42(36)49;/h7-22,25H,1-6H3;/q-2;+2. The van der Waals surface area contributed by atoms with E-state index in [1.165, 1.54) is 16.7 Å². The Morgan fingerprint density at radius 1 is 0.667 bits per heavy atom. The summed E-state index contributed by atoms with van der Waals surface area (Å²) in [5, 5.41) is 5.17. The predicted octanol–water partition coefficient (Wildman–Crippen LogP) is 10.8. The number of rotatable bonds is 4. The Morgan fingerprint density at radius 2 is 1.35 bits per heavy atom. The van der Waals surface area contributed by atoms with Crippen molar-refractivity contribution in [2.24, 2.45) is 0 Å². The quantitative estimate of drug-likeness (QED) is 0.131. The van der Waals surface area contributed by atoms with E-state index in [0.29, 0.717) is 11.5 Å². The van der Waals surface area contributed by atoms with Crippen molar-refractivity contribution in [3.05, 3.63) is 138 Å². The van der Waals surface area contributed by atoms with Crippen molar-refractivity contribution in [2.45, 2.75) is 47.0 Å². The number of ether oxygens (including phenoxy) is 1. The van der Waals surface area contributed by atoms with E-state index in [4.69, 9.17) is 19.7 Å². The van der Waals surface area contributed by atoms with E-state index >= 15 is 0 Å². The van der Waals surface area contributed by atoms with Gasteiger partial charge in [-0.05, 0) is 67.0 Å². The first-order chi connectivity index (χ1) is 24.1. The number of aryl methyl sites for hydroxylation is 3. The molecule has 0 atom stereocenters. The van der Waals surface area contributed by atoms with Gasteiger partial charge in [-0.1, -0.05) is 85.3 Å². The maximum absolute atomic E-state index is 6.69. The molecule has 0 aliphatic rings. The zero-order valence-electron chi connectivity index (χ0n) is 29.3. The van der Waals surface area contributed by atoms with Gasteiger partial charge in [-0.25, -0.2) is 9.97 Å². The molecule has 0 amide bonds. The van der Waals surface area contributed by atoms with Gasteiger partial charge >= 0.3 is 21.1 Å². The van der Waals surface area contributed by atoms with Crippen LogP contribution in [-0.4, -0.2) is 23.9 Å². The number of aromatic nitrogens is 5. The van der Waals surface area contributed by atoms with Crippen molar-refractivity contribution in [1.82, 2.24) is 23.9 Å². The van der Waals surface area contributed by atoms with Crippen LogP contribution in [0.15, 0.2) is 104 Å². The Balaban J connectivity index is 0.00000374. The van der Waals surface area contributed by atoms with Crippen LogP contribution in [0.3, 0.4) is 0 Å². The van der Waals surface area contributed by atoms with Crippen LogP contribution in [-0.2, 0) is 26.5 Å². The molecule has 252 valence electrons. The number of nitrogens with zero attached hydrogens (tertiary/aromatic N) is 5. The molecule has 0 aliphatic carbocycles. The number of benzene rings is 4. The third kappa shape index (κ3) is 5.41. The molecule has 9 aromatic rings. The number of hydrogen-bond donors (Lipinski definition) is 0. The SMILES string of the molecule is Cc1cc(C)c(-c2cn3c(n2)c2[c-]c(Oc4[c-]c(-n5c6ccccc6c6cccnc65)cc(C(C)(C)C)c4)ccc2c2cccnc23)c(C)c1.[Pt+2]. The fourth-order valence-electron chi connectivity index (χ4n) is 7.45. The van der Waals surface area contributed by atoms with E-state index in [9.17, 15) is 0 Å². The van der Waals surface area contributed by atoms with Gasteiger partial charge in [-0.15, -0.1) is 35.9 Å². The van der Waals surface area contributed by atoms with E-state index in [2.05, 4.69) is 136 Å². The summed E-state index contributed by atoms with van der Waals surface area (Å²) in [5.41, 5.74) is 11.2. The average Bonchev–Trinajstić information content (AvgIpc) is 3.68. The van der Waals surface area contributed by atoms with Crippen LogP contribution in [0.1, 0.15) is 43.0 Å². The minimum absolute atomic E-state index is 0. The molecule has 0 spiro atoms. The van der Waals surface area contributed by atoms with Crippen LogP contribution in [0.2, 0.25) is 0 Å². The van der Waals surface area contributed by atoms with Crippen molar-refractivity contribution in [3.8, 4) is 28.4 Å². The molecule has 5 heterocycles. The van der Waals surface area contributed by atoms with E-state index in [1.54, 1.807) is 0 Å². The van der Waals surface area contributed by atoms with Crippen LogP contribution >= 0.6 is 0 Å². The molecule has 51 heavy (non-hydrogen) atoms. The van der Waals surface area contributed by atoms with Gasteiger partial charge in [-0.2, -0.15) is 0 Å². The third-order valence-electron chi connectivity index (χ3n) is 9.68. The van der Waals surface area contributed by atoms with Gasteiger partial charge in [0.05, 0.1) is 16.9 Å². The number of para-hydroxylation sites is 1. The van der Waals surface area contributed by atoms with Crippen molar-refractivity contribution >= 4 is 49.4 Å². The molecule has 0 unspecified atom stereocenters. The first-order valence-corrected chi connectivity index (χ1v) is 16.9. The van der Waals surface area contributed by atoms with E-state index in [1.807, 2.05) is 30.6 Å². The summed E-state index contributed by atoms with van der Waals surface area (Å²) in [4.78, 5) is 14.8. The Bertz CT molecular complexity index is 2750. The fourth-order valence-corrected chi connectivity index (χ4v) is 7.45. The molecule has 0 fully saturated rings. The molecule has 0 N–H and O–H groups in total. The molecule has 4 aromatic carbocycles. The zero-order chi connectivity index (χ0) is 34.3. The van der Waals surface area contributed by atoms with Gasteiger partial charge in [0.1, 0.15) is 11.3 Å². The summed E-state index contributed by atoms with van der Waals surface area (Å²) in [6, 6.07) is 36.6. The summed E-state index contributed by atoms with van der Waals surface area (Å²) in [7, 11) is 0. The summed E-state index contributed by atoms with van der Waals surface area (Å²) >= 11 is 0. The molecule has 0 saturated carbocycles. The van der Waals surface area contributed by atoms with Crippen LogP contribution in [0, 0.1) is 32.9 Å². The molecule has 7 heteroatoms. The van der Waals surface area contributed by atoms with E-state index in [0.717, 1.165) is 71.9 Å². The van der Waals surface area contributed by atoms with Crippen molar-refractivity contribution in [1.29, 1.82) is 0 Å². The molecule has 0 saturated heterocycles. The maximum Gasteiger partial charge on any atom is 2.00 e. The molecule has 0 radical (unpaired) electrons. The molecule has 0 aliphatic heterocycles. The third-order valence-corrected chi connectivity index (χ3v) is 9.68. The Kier molecular flexibility index (Phi) is 7.84. The number of imidazole rings is 1. The van der Waals surface area contributed by atoms with Gasteiger partial charge in [0.15, 0.2) is 0 Å². The van der Waals surface area contributed by atoms with E-state index < -0.39 is 0 Å². The summed E-state index contributed by atoms with van der Waals surface area (Å²) in [6.07, 6.45) is 5.77. The monoisotopic (exact) mass is 844 g/mol. The Morgan fingerprint density at radius 3 is 2.10 bits per heavy atom. The fraction of sp³-hybridized carbons (Fsp3) is 0.159. The van der Waals surface area contributed by atoms with Gasteiger partial charge in [0, 0.05) is 46.4 Å². The predicted molar refractivity (Wildman–Crippen MR) is 203 cm³/mol. The molecule has 5 aromatic heterocycles. The normalized spacial score (nSPS) is 12.0. The number of hydrogen-bond acceptors (Lipinski definition) is 4. The molecule has 0 bridgehead atoms. The van der Waals surface area contributed by atoms with Crippen LogP contribution in [0.5, 0.6) is 11.5 Å². The molecular formula is C44H35N5OPt. The van der Waals surface area contributed by atoms with Crippen molar-refractivity contribution < 1.29 is 25.8 Å². The van der Waals surface area contributed by atoms with Crippen LogP contribution in [0.4, 0.5) is 0 Å². The zero-order valence-corrected chi connectivity index (χ0v) is 31.5. The molecule has 9 rings (SSSR count). The maximum atomic E-state index is 6.69. The van der Waals surface area contributed by atoms with Gasteiger partial charge < -0.3 is 13.7 Å². The first-order valence-electron chi connectivity index (χ1n) is 16.9. The summed E-state index contributed by atoms with van der Waals surface area (Å²) in [6.45, 7) is 13.1. The second-order valence-electron chi connectivity index (χ2n) is 14.3. The van der Waals surface area contributed by atoms with Crippen molar-refractivity contribution in [2.75, 3.05) is 0 Å². The minimum atomic E-state index is -0.141. The Hall–Kier alpha value is -5.32. The van der Waals surface area contributed by atoms with Crippen LogP contribution in [0.25, 0.3) is 66.3 Å². The second-order valence-corrected chi connectivity index (χ2v) is 14.3. The summed E-state index contributed by atoms with van der Waals surface area (Å²) in [5.74, 6) is 1.20.